The highest BCUT2D eigenvalue weighted by molar-refractivity contribution is 6.02. The molecule has 0 spiro atoms. The highest BCUT2D eigenvalue weighted by Crippen LogP contribution is 2.18. The van der Waals surface area contributed by atoms with Crippen LogP contribution in [0.5, 0.6) is 5.75 Å². The van der Waals surface area contributed by atoms with Gasteiger partial charge in [-0.25, -0.2) is 4.79 Å². The Kier molecular flexibility index (Phi) is 55.2. The van der Waals surface area contributed by atoms with Crippen molar-refractivity contribution in [2.75, 3.05) is 26.2 Å². The maximum absolute atomic E-state index is 14.8. The van der Waals surface area contributed by atoms with Crippen LogP contribution in [0.2, 0.25) is 0 Å². The summed E-state index contributed by atoms with van der Waals surface area (Å²) < 4.78 is 0. The standard InChI is InChI=1S/C84H144N24O25/c1-13-43(6)65(107-80(129)59(38-42(4)5)106-79(128)61(40-64(114)115)104-69(118)45(8)94-73(122)54(24-20-36-92-84(90)91)99-76(125)56(30-32-63(112)113)98-67(116)44(7)93-72(121)52(88)21-14-17-33-85)81(130)96-47(10)70(119)103-60(39-50-25-27-51(110)28-26-50)78(127)105-58(37-41(2)3)77(126)100-53(22-15-18-34-86)75(124)101-55(29-31-62(89)111)74(123)95-48(11)71(120)108-66(49(12)109)82(131)97-46(9)68(117)102-57(83(132)133)23-16-19-35-87/h25-28,41-49,52-61,65-66,109-110H,13-24,29-40,85-88H2,1-12H3,(H2,89,111)(H,93,121)(H,94,122)(H,95,123)(H,96,130)(H,97,131)(H,98,116)(H,99,125)(H,100,126)(H,101,124)(H,102,117)(H,103,119)(H,104,118)(H,105,127)(H,106,128)(H,107,129)(H,108,120)(H,112,113)(H,114,115)(H,132,133)(H4,90,91,92). The third-order valence-electron chi connectivity index (χ3n) is 21.0. The third-order valence-corrected chi connectivity index (χ3v) is 21.0. The van der Waals surface area contributed by atoms with Crippen LogP contribution in [0.15, 0.2) is 24.3 Å². The molecule has 1 rings (SSSR count). The van der Waals surface area contributed by atoms with Gasteiger partial charge in [0.1, 0.15) is 102 Å². The van der Waals surface area contributed by atoms with Gasteiger partial charge < -0.3 is 150 Å². The zero-order chi connectivity index (χ0) is 101. The minimum Gasteiger partial charge on any atom is -0.508 e. The molecule has 17 amide bonds. The Morgan fingerprint density at radius 1 is 0.353 bits per heavy atom. The van der Waals surface area contributed by atoms with E-state index in [1.54, 1.807) is 41.5 Å². The molecule has 19 unspecified atom stereocenters. The molecule has 0 radical (unpaired) electrons. The van der Waals surface area contributed by atoms with E-state index >= 15 is 0 Å². The second kappa shape index (κ2) is 62.0. The Balaban J connectivity index is 3.63. The number of benzene rings is 1. The van der Waals surface area contributed by atoms with Gasteiger partial charge >= 0.3 is 17.9 Å². The highest BCUT2D eigenvalue weighted by atomic mass is 16.4. The van der Waals surface area contributed by atoms with Crippen LogP contribution < -0.4 is 125 Å². The number of aromatic hydroxyl groups is 1. The number of guanidine groups is 1. The number of hydrogen-bond acceptors (Lipinski definition) is 27. The molecule has 133 heavy (non-hydrogen) atoms. The fourth-order valence-corrected chi connectivity index (χ4v) is 13.0. The van der Waals surface area contributed by atoms with Crippen molar-refractivity contribution in [3.8, 4) is 5.75 Å². The van der Waals surface area contributed by atoms with Crippen LogP contribution in [0.4, 0.5) is 0 Å². The number of rotatable bonds is 66. The third kappa shape index (κ3) is 46.9. The van der Waals surface area contributed by atoms with Crippen LogP contribution in [0.1, 0.15) is 211 Å². The number of nitrogens with two attached hydrogens (primary N) is 6. The van der Waals surface area contributed by atoms with Crippen LogP contribution >= 0.6 is 0 Å². The van der Waals surface area contributed by atoms with E-state index in [0.29, 0.717) is 44.2 Å². The summed E-state index contributed by atoms with van der Waals surface area (Å²) in [6.45, 7) is 17.9. The lowest BCUT2D eigenvalue weighted by molar-refractivity contribution is -0.142. The average molecular weight is 1890 g/mol. The lowest BCUT2D eigenvalue weighted by atomic mass is 9.96. The molecular formula is C84H144N24O25. The van der Waals surface area contributed by atoms with Crippen molar-refractivity contribution in [1.82, 2.24) is 90.4 Å². The summed E-state index contributed by atoms with van der Waals surface area (Å²) in [5.41, 5.74) is 34.1. The number of carbonyl (C=O) groups excluding carboxylic acids is 17. The van der Waals surface area contributed by atoms with Crippen molar-refractivity contribution >= 4 is 124 Å². The molecule has 1 aromatic carbocycles. The lowest BCUT2D eigenvalue weighted by Gasteiger charge is -2.29. The number of aliphatic hydroxyl groups excluding tert-OH is 1. The number of carbonyl (C=O) groups is 20. The second-order valence-electron chi connectivity index (χ2n) is 33.7. The van der Waals surface area contributed by atoms with Crippen molar-refractivity contribution in [3.63, 3.8) is 0 Å². The van der Waals surface area contributed by atoms with Crippen molar-refractivity contribution in [1.29, 1.82) is 5.41 Å². The Morgan fingerprint density at radius 2 is 0.677 bits per heavy atom. The predicted octanol–water partition coefficient (Wildman–Crippen LogP) is -7.02. The van der Waals surface area contributed by atoms with Gasteiger partial charge in [-0.05, 0) is 187 Å². The molecule has 49 nitrogen and oxygen atoms in total. The monoisotopic (exact) mass is 1890 g/mol. The molecule has 0 aliphatic carbocycles. The fraction of sp³-hybridized carbons (Fsp3) is 0.679. The molecule has 1 aromatic rings. The van der Waals surface area contributed by atoms with E-state index < -0.39 is 277 Å². The summed E-state index contributed by atoms with van der Waals surface area (Å²) in [7, 11) is 0. The van der Waals surface area contributed by atoms with Crippen molar-refractivity contribution < 1.29 is 121 Å². The van der Waals surface area contributed by atoms with E-state index in [-0.39, 0.29) is 95.5 Å². The molecule has 0 heterocycles. The number of hydrogen-bond donors (Lipinski definition) is 29. The number of amides is 17. The first-order valence-electron chi connectivity index (χ1n) is 44.5. The topological polar surface area (TPSA) is 827 Å². The number of phenols is 1. The first-order valence-corrected chi connectivity index (χ1v) is 44.5. The zero-order valence-electron chi connectivity index (χ0n) is 77.8. The molecular weight excluding hydrogens is 1750 g/mol. The molecule has 0 saturated heterocycles. The maximum atomic E-state index is 14.8. The van der Waals surface area contributed by atoms with Gasteiger partial charge in [-0.1, -0.05) is 66.5 Å². The normalized spacial score (nSPS) is 15.5. The number of aliphatic carboxylic acids is 3. The molecule has 0 bridgehead atoms. The smallest absolute Gasteiger partial charge is 0.326 e. The average Bonchev–Trinajstić information content (AvgIpc) is 0.849. The van der Waals surface area contributed by atoms with E-state index in [2.05, 4.69) is 90.4 Å². The quantitative estimate of drug-likeness (QED) is 0.0164. The molecule has 0 fully saturated rings. The van der Waals surface area contributed by atoms with Crippen LogP contribution in [-0.2, 0) is 102 Å². The van der Waals surface area contributed by atoms with Crippen LogP contribution in [0.3, 0.4) is 0 Å². The molecule has 19 atom stereocenters. The Bertz CT molecular complexity index is 4070. The van der Waals surface area contributed by atoms with Gasteiger partial charge in [-0.3, -0.25) is 96.5 Å². The van der Waals surface area contributed by atoms with Gasteiger partial charge in [-0.15, -0.1) is 0 Å². The summed E-state index contributed by atoms with van der Waals surface area (Å²) >= 11 is 0. The van der Waals surface area contributed by atoms with Gasteiger partial charge in [0.25, 0.3) is 0 Å². The fourth-order valence-electron chi connectivity index (χ4n) is 13.0. The first kappa shape index (κ1) is 118. The molecule has 0 aliphatic heterocycles. The summed E-state index contributed by atoms with van der Waals surface area (Å²) in [4.78, 5) is 272. The zero-order valence-corrected chi connectivity index (χ0v) is 77.8. The van der Waals surface area contributed by atoms with Gasteiger partial charge in [-0.2, -0.15) is 0 Å². The SMILES string of the molecule is CCC(C)C(NC(=O)C(CC(C)C)NC(=O)C(CC(=O)O)NC(=O)C(C)NC(=O)C(CCCNC(=N)N)NC(=O)C(CCC(=O)O)NC(=O)C(C)NC(=O)C(N)CCCCN)C(=O)NC(C)C(=O)NC(Cc1ccc(O)cc1)C(=O)NC(CC(C)C)C(=O)NC(CCCCN)C(=O)NC(CCC(N)=O)C(=O)NC(C)C(=O)NC(C(=O)NC(C)C(=O)NC(CCCCN)C(=O)O)C(C)O. The Morgan fingerprint density at radius 3 is 1.08 bits per heavy atom. The van der Waals surface area contributed by atoms with Crippen molar-refractivity contribution in [2.45, 2.75) is 320 Å². The molecule has 0 saturated carbocycles. The van der Waals surface area contributed by atoms with E-state index in [0.717, 1.165) is 13.8 Å². The van der Waals surface area contributed by atoms with Gasteiger partial charge in [0, 0.05) is 25.8 Å². The predicted molar refractivity (Wildman–Crippen MR) is 482 cm³/mol. The molecule has 49 heteroatoms. The van der Waals surface area contributed by atoms with Crippen LogP contribution in [0, 0.1) is 23.2 Å². The minimum absolute atomic E-state index is 0.00697. The number of phenolic OH excluding ortho intramolecular Hbond substituents is 1. The summed E-state index contributed by atoms with van der Waals surface area (Å²) in [6, 6.07) is -20.6. The minimum atomic E-state index is -1.98. The van der Waals surface area contributed by atoms with E-state index in [9.17, 15) is 121 Å². The summed E-state index contributed by atoms with van der Waals surface area (Å²) in [6.07, 6.45) is -3.02. The van der Waals surface area contributed by atoms with Crippen LogP contribution in [-0.4, -0.2) is 285 Å². The highest BCUT2D eigenvalue weighted by Gasteiger charge is 2.40. The van der Waals surface area contributed by atoms with Crippen molar-refractivity contribution in [2.24, 2.45) is 52.2 Å². The number of carboxylic acids is 3. The number of primary amides is 1. The second-order valence-corrected chi connectivity index (χ2v) is 33.7. The van der Waals surface area contributed by atoms with Crippen molar-refractivity contribution in [3.05, 3.63) is 29.8 Å². The molecule has 0 aromatic heterocycles. The van der Waals surface area contributed by atoms with E-state index in [4.69, 9.17) is 39.8 Å². The lowest BCUT2D eigenvalue weighted by Crippen LogP contribution is -2.61. The van der Waals surface area contributed by atoms with Gasteiger partial charge in [0.15, 0.2) is 5.96 Å². The summed E-state index contributed by atoms with van der Waals surface area (Å²) in [5.74, 6) is -23.7. The van der Waals surface area contributed by atoms with E-state index in [1.165, 1.54) is 52.0 Å². The largest absolute Gasteiger partial charge is 0.508 e. The molecule has 0 aliphatic rings. The Labute approximate surface area is 772 Å². The maximum Gasteiger partial charge on any atom is 0.326 e. The van der Waals surface area contributed by atoms with Gasteiger partial charge in [0.2, 0.25) is 100 Å². The number of aliphatic hydroxyl groups is 1. The van der Waals surface area contributed by atoms with Gasteiger partial charge in [0.05, 0.1) is 18.6 Å². The number of carboxylic acid groups (broad SMARTS) is 3. The Hall–Kier alpha value is -12.5. The van der Waals surface area contributed by atoms with E-state index in [1.807, 2.05) is 0 Å². The first-order chi connectivity index (χ1) is 62.3. The molecule has 35 N–H and O–H groups in total. The summed E-state index contributed by atoms with van der Waals surface area (Å²) in [5, 5.41) is 99.1. The molecule has 750 valence electrons. The van der Waals surface area contributed by atoms with Crippen LogP contribution in [0.25, 0.3) is 0 Å². The number of nitrogens with one attached hydrogen (secondary N) is 18. The number of unbranched alkanes of at least 4 members (excludes halogenated alkanes) is 3.